The zero-order valence-corrected chi connectivity index (χ0v) is 10.9. The third kappa shape index (κ3) is 3.12. The first kappa shape index (κ1) is 13.1. The van der Waals surface area contributed by atoms with Gasteiger partial charge in [0.15, 0.2) is 0 Å². The zero-order valence-electron chi connectivity index (χ0n) is 10.9. The van der Waals surface area contributed by atoms with E-state index in [2.05, 4.69) is 20.2 Å². The third-order valence-electron chi connectivity index (χ3n) is 2.25. The molecule has 0 saturated carbocycles. The monoisotopic (exact) mass is 262 g/mol. The maximum atomic E-state index is 11.8. The van der Waals surface area contributed by atoms with Gasteiger partial charge >= 0.3 is 5.97 Å². The van der Waals surface area contributed by atoms with Crippen molar-refractivity contribution in [3.05, 3.63) is 28.6 Å². The van der Waals surface area contributed by atoms with Gasteiger partial charge in [-0.1, -0.05) is 0 Å². The minimum atomic E-state index is -0.565. The van der Waals surface area contributed by atoms with Crippen molar-refractivity contribution in [3.63, 3.8) is 0 Å². The van der Waals surface area contributed by atoms with E-state index in [1.165, 1.54) is 12.5 Å². The van der Waals surface area contributed by atoms with Crippen LogP contribution in [0.3, 0.4) is 0 Å². The summed E-state index contributed by atoms with van der Waals surface area (Å²) in [7, 11) is 0. The highest BCUT2D eigenvalue weighted by Gasteiger charge is 2.19. The molecule has 0 aromatic carbocycles. The van der Waals surface area contributed by atoms with E-state index in [4.69, 9.17) is 4.74 Å². The fourth-order valence-electron chi connectivity index (χ4n) is 1.59. The van der Waals surface area contributed by atoms with Crippen LogP contribution in [0.15, 0.2) is 17.3 Å². The highest BCUT2D eigenvalue weighted by molar-refractivity contribution is 5.83. The number of nitrogens with one attached hydrogen (secondary N) is 1. The number of hydrogen-bond acceptors (Lipinski definition) is 6. The van der Waals surface area contributed by atoms with E-state index in [1.807, 2.05) is 0 Å². The van der Waals surface area contributed by atoms with Crippen molar-refractivity contribution in [2.45, 2.75) is 32.8 Å². The second kappa shape index (κ2) is 4.75. The molecular formula is C12H14N4O3. The summed E-state index contributed by atoms with van der Waals surface area (Å²) in [6.07, 6.45) is 2.64. The number of carbonyl (C=O) groups excluding carboxylic acids is 1. The molecule has 0 atom stereocenters. The number of esters is 1. The second-order valence-electron chi connectivity index (χ2n) is 5.05. The van der Waals surface area contributed by atoms with Crippen molar-refractivity contribution >= 4 is 16.9 Å². The van der Waals surface area contributed by atoms with E-state index in [0.29, 0.717) is 16.6 Å². The fourth-order valence-corrected chi connectivity index (χ4v) is 1.59. The van der Waals surface area contributed by atoms with E-state index in [9.17, 15) is 9.59 Å². The lowest BCUT2D eigenvalue weighted by molar-refractivity contribution is -0.153. The Labute approximate surface area is 109 Å². The molecule has 0 fully saturated rings. The van der Waals surface area contributed by atoms with Crippen molar-refractivity contribution in [1.29, 1.82) is 0 Å². The predicted molar refractivity (Wildman–Crippen MR) is 67.5 cm³/mol. The summed E-state index contributed by atoms with van der Waals surface area (Å²) < 4.78 is 5.21. The van der Waals surface area contributed by atoms with Crippen LogP contribution in [-0.2, 0) is 16.0 Å². The molecule has 100 valence electrons. The Balaban J connectivity index is 2.34. The zero-order chi connectivity index (χ0) is 14.0. The Bertz CT molecular complexity index is 672. The van der Waals surface area contributed by atoms with E-state index in [-0.39, 0.29) is 12.0 Å². The number of H-pyrrole nitrogens is 1. The van der Waals surface area contributed by atoms with Crippen LogP contribution < -0.4 is 5.56 Å². The summed E-state index contributed by atoms with van der Waals surface area (Å²) in [4.78, 5) is 31.1. The summed E-state index contributed by atoms with van der Waals surface area (Å²) in [6.45, 7) is 5.35. The van der Waals surface area contributed by atoms with E-state index in [0.717, 1.165) is 0 Å². The Hall–Kier alpha value is -2.31. The van der Waals surface area contributed by atoms with Crippen molar-refractivity contribution in [2.75, 3.05) is 0 Å². The van der Waals surface area contributed by atoms with Crippen LogP contribution in [0.2, 0.25) is 0 Å². The maximum absolute atomic E-state index is 11.8. The van der Waals surface area contributed by atoms with Crippen LogP contribution in [0.5, 0.6) is 0 Å². The largest absolute Gasteiger partial charge is 0.460 e. The molecule has 0 amide bonds. The van der Waals surface area contributed by atoms with Gasteiger partial charge in [-0.15, -0.1) is 0 Å². The molecular weight excluding hydrogens is 248 g/mol. The number of ether oxygens (including phenoxy) is 1. The van der Waals surface area contributed by atoms with Gasteiger partial charge in [0.2, 0.25) is 0 Å². The average molecular weight is 262 g/mol. The van der Waals surface area contributed by atoms with E-state index >= 15 is 0 Å². The Morgan fingerprint density at radius 3 is 2.84 bits per heavy atom. The lowest BCUT2D eigenvalue weighted by atomic mass is 10.2. The molecule has 0 spiro atoms. The van der Waals surface area contributed by atoms with Crippen LogP contribution in [0.4, 0.5) is 0 Å². The van der Waals surface area contributed by atoms with Gasteiger partial charge < -0.3 is 4.74 Å². The molecule has 2 rings (SSSR count). The van der Waals surface area contributed by atoms with Gasteiger partial charge in [0.05, 0.1) is 17.5 Å². The number of aromatic nitrogens is 4. The minimum absolute atomic E-state index is 0.0540. The standard InChI is InChI=1S/C12H14N4O3/c1-12(2,3)19-9(17)4-8-10-7(5-13-6-14-10)11(18)16-15-8/h5-6H,4H2,1-3H3,(H,16,18). The van der Waals surface area contributed by atoms with Gasteiger partial charge in [-0.2, -0.15) is 5.10 Å². The van der Waals surface area contributed by atoms with Gasteiger partial charge in [-0.05, 0) is 20.8 Å². The van der Waals surface area contributed by atoms with E-state index < -0.39 is 11.6 Å². The molecule has 7 nitrogen and oxygen atoms in total. The first-order valence-electron chi connectivity index (χ1n) is 5.76. The Morgan fingerprint density at radius 1 is 1.42 bits per heavy atom. The molecule has 1 N–H and O–H groups in total. The third-order valence-corrected chi connectivity index (χ3v) is 2.25. The number of nitrogens with zero attached hydrogens (tertiary/aromatic N) is 3. The number of aromatic amines is 1. The topological polar surface area (TPSA) is 97.8 Å². The average Bonchev–Trinajstić information content (AvgIpc) is 2.31. The molecule has 0 aliphatic rings. The first-order valence-corrected chi connectivity index (χ1v) is 5.76. The molecule has 7 heteroatoms. The second-order valence-corrected chi connectivity index (χ2v) is 5.05. The highest BCUT2D eigenvalue weighted by Crippen LogP contribution is 2.12. The van der Waals surface area contributed by atoms with Crippen molar-refractivity contribution in [3.8, 4) is 0 Å². The van der Waals surface area contributed by atoms with Crippen LogP contribution in [0, 0.1) is 0 Å². The summed E-state index contributed by atoms with van der Waals surface area (Å²) in [5.74, 6) is -0.424. The summed E-state index contributed by atoms with van der Waals surface area (Å²) in [5, 5.41) is 6.47. The van der Waals surface area contributed by atoms with Gasteiger partial charge in [0.1, 0.15) is 17.4 Å². The fraction of sp³-hybridized carbons (Fsp3) is 0.417. The molecule has 0 aliphatic carbocycles. The van der Waals surface area contributed by atoms with Gasteiger partial charge in [0.25, 0.3) is 5.56 Å². The number of carbonyl (C=O) groups is 1. The molecule has 2 heterocycles. The molecule has 19 heavy (non-hydrogen) atoms. The lowest BCUT2D eigenvalue weighted by Crippen LogP contribution is -2.25. The predicted octanol–water partition coefficient (Wildman–Crippen LogP) is 0.597. The molecule has 2 aromatic rings. The van der Waals surface area contributed by atoms with Crippen molar-refractivity contribution in [1.82, 2.24) is 20.2 Å². The Morgan fingerprint density at radius 2 is 2.16 bits per heavy atom. The SMILES string of the molecule is CC(C)(C)OC(=O)Cc1n[nH]c(=O)c2cncnc12. The van der Waals surface area contributed by atoms with E-state index in [1.54, 1.807) is 20.8 Å². The highest BCUT2D eigenvalue weighted by atomic mass is 16.6. The van der Waals surface area contributed by atoms with Crippen LogP contribution in [-0.4, -0.2) is 31.7 Å². The molecule has 0 radical (unpaired) electrons. The summed E-state index contributed by atoms with van der Waals surface area (Å²) >= 11 is 0. The van der Waals surface area contributed by atoms with Crippen LogP contribution in [0.1, 0.15) is 26.5 Å². The minimum Gasteiger partial charge on any atom is -0.460 e. The lowest BCUT2D eigenvalue weighted by Gasteiger charge is -2.19. The van der Waals surface area contributed by atoms with Crippen molar-refractivity contribution in [2.24, 2.45) is 0 Å². The van der Waals surface area contributed by atoms with Crippen LogP contribution in [0.25, 0.3) is 10.9 Å². The Kier molecular flexibility index (Phi) is 3.28. The molecule has 2 aromatic heterocycles. The van der Waals surface area contributed by atoms with Crippen molar-refractivity contribution < 1.29 is 9.53 Å². The van der Waals surface area contributed by atoms with Gasteiger partial charge in [-0.3, -0.25) is 9.59 Å². The number of hydrogen-bond donors (Lipinski definition) is 1. The van der Waals surface area contributed by atoms with Crippen LogP contribution >= 0.6 is 0 Å². The quantitative estimate of drug-likeness (QED) is 0.796. The molecule has 0 aliphatic heterocycles. The van der Waals surface area contributed by atoms with Gasteiger partial charge in [-0.25, -0.2) is 15.1 Å². The molecule has 0 bridgehead atoms. The first-order chi connectivity index (χ1) is 8.87. The van der Waals surface area contributed by atoms with Gasteiger partial charge in [0, 0.05) is 6.20 Å². The summed E-state index contributed by atoms with van der Waals surface area (Å²) in [6, 6.07) is 0. The normalized spacial score (nSPS) is 11.5. The smallest absolute Gasteiger partial charge is 0.312 e. The summed E-state index contributed by atoms with van der Waals surface area (Å²) in [5.41, 5.74) is -0.219. The molecule has 0 unspecified atom stereocenters. The maximum Gasteiger partial charge on any atom is 0.312 e. The number of rotatable bonds is 2. The molecule has 0 saturated heterocycles. The number of fused-ring (bicyclic) bond motifs is 1.